The lowest BCUT2D eigenvalue weighted by atomic mass is 10.1. The van der Waals surface area contributed by atoms with Crippen LogP contribution in [0.25, 0.3) is 0 Å². The number of nitro benzene ring substituents is 1. The van der Waals surface area contributed by atoms with Gasteiger partial charge in [-0.05, 0) is 17.7 Å². The largest absolute Gasteiger partial charge is 0.394 e. The van der Waals surface area contributed by atoms with Gasteiger partial charge in [-0.15, -0.1) is 0 Å². The van der Waals surface area contributed by atoms with Crippen molar-refractivity contribution in [2.24, 2.45) is 0 Å². The Balaban J connectivity index is 2.11. The van der Waals surface area contributed by atoms with E-state index in [1.165, 1.54) is 12.1 Å². The summed E-state index contributed by atoms with van der Waals surface area (Å²) in [5.41, 5.74) is 0.935. The molecular formula is C9H9NO4. The summed E-state index contributed by atoms with van der Waals surface area (Å²) in [5.74, 6) is 0. The van der Waals surface area contributed by atoms with E-state index in [9.17, 15) is 10.1 Å². The van der Waals surface area contributed by atoms with Crippen LogP contribution >= 0.6 is 0 Å². The number of nitrogens with zero attached hydrogens (tertiary/aromatic N) is 1. The highest BCUT2D eigenvalue weighted by Crippen LogP contribution is 2.38. The Hall–Kier alpha value is -1.46. The van der Waals surface area contributed by atoms with Gasteiger partial charge in [0.15, 0.2) is 0 Å². The highest BCUT2D eigenvalue weighted by atomic mass is 16.6. The minimum atomic E-state index is -0.443. The van der Waals surface area contributed by atoms with Gasteiger partial charge in [0.05, 0.1) is 11.5 Å². The van der Waals surface area contributed by atoms with E-state index in [2.05, 4.69) is 0 Å². The molecule has 1 unspecified atom stereocenters. The van der Waals surface area contributed by atoms with E-state index >= 15 is 0 Å². The number of aliphatic hydroxyl groups excluding tert-OH is 1. The molecule has 0 spiro atoms. The Kier molecular flexibility index (Phi) is 2.18. The monoisotopic (exact) mass is 195 g/mol. The molecule has 5 heteroatoms. The number of epoxide rings is 1. The van der Waals surface area contributed by atoms with E-state index in [-0.39, 0.29) is 24.5 Å². The van der Waals surface area contributed by atoms with Gasteiger partial charge < -0.3 is 9.84 Å². The maximum absolute atomic E-state index is 10.4. The molecule has 1 saturated heterocycles. The van der Waals surface area contributed by atoms with Crippen molar-refractivity contribution in [1.82, 2.24) is 0 Å². The van der Waals surface area contributed by atoms with Crippen molar-refractivity contribution < 1.29 is 14.8 Å². The number of benzene rings is 1. The van der Waals surface area contributed by atoms with Crippen LogP contribution in [0, 0.1) is 10.1 Å². The molecule has 1 aromatic carbocycles. The molecule has 14 heavy (non-hydrogen) atoms. The molecule has 1 N–H and O–H groups in total. The van der Waals surface area contributed by atoms with Crippen LogP contribution in [0.2, 0.25) is 0 Å². The number of ether oxygens (including phenoxy) is 1. The third-order valence-corrected chi connectivity index (χ3v) is 2.19. The van der Waals surface area contributed by atoms with Crippen molar-refractivity contribution in [2.75, 3.05) is 6.61 Å². The summed E-state index contributed by atoms with van der Waals surface area (Å²) in [6.07, 6.45) is -0.239. The van der Waals surface area contributed by atoms with Gasteiger partial charge >= 0.3 is 0 Å². The zero-order valence-electron chi connectivity index (χ0n) is 7.29. The zero-order chi connectivity index (χ0) is 10.1. The lowest BCUT2D eigenvalue weighted by Crippen LogP contribution is -1.94. The molecule has 0 radical (unpaired) electrons. The van der Waals surface area contributed by atoms with Crippen LogP contribution in [-0.2, 0) is 4.74 Å². The predicted octanol–water partition coefficient (Wildman–Crippen LogP) is 1.03. The van der Waals surface area contributed by atoms with Crippen LogP contribution in [0.1, 0.15) is 11.7 Å². The number of nitro groups is 1. The molecule has 0 saturated carbocycles. The molecule has 2 rings (SSSR count). The number of hydrogen-bond acceptors (Lipinski definition) is 4. The molecule has 2 atom stereocenters. The van der Waals surface area contributed by atoms with E-state index in [0.29, 0.717) is 0 Å². The molecule has 1 fully saturated rings. The van der Waals surface area contributed by atoms with Crippen LogP contribution in [0.15, 0.2) is 24.3 Å². The molecule has 1 aromatic rings. The van der Waals surface area contributed by atoms with E-state index in [1.807, 2.05) is 0 Å². The van der Waals surface area contributed by atoms with Gasteiger partial charge in [-0.1, -0.05) is 0 Å². The number of non-ortho nitro benzene ring substituents is 1. The first-order valence-electron chi connectivity index (χ1n) is 4.23. The highest BCUT2D eigenvalue weighted by molar-refractivity contribution is 5.35. The lowest BCUT2D eigenvalue weighted by molar-refractivity contribution is -0.384. The van der Waals surface area contributed by atoms with Crippen molar-refractivity contribution in [3.63, 3.8) is 0 Å². The Morgan fingerprint density at radius 3 is 2.50 bits per heavy atom. The van der Waals surface area contributed by atoms with Crippen molar-refractivity contribution in [3.05, 3.63) is 39.9 Å². The summed E-state index contributed by atoms with van der Waals surface area (Å²) in [4.78, 5) is 9.91. The quantitative estimate of drug-likeness (QED) is 0.444. The minimum Gasteiger partial charge on any atom is -0.394 e. The molecule has 1 heterocycles. The molecule has 0 aliphatic carbocycles. The Morgan fingerprint density at radius 2 is 2.07 bits per heavy atom. The maximum atomic E-state index is 10.4. The summed E-state index contributed by atoms with van der Waals surface area (Å²) in [6, 6.07) is 6.17. The first kappa shape index (κ1) is 9.11. The summed E-state index contributed by atoms with van der Waals surface area (Å²) in [6.45, 7) is -0.0122. The molecule has 1 aliphatic heterocycles. The normalized spacial score (nSPS) is 24.6. The predicted molar refractivity (Wildman–Crippen MR) is 47.8 cm³/mol. The van der Waals surface area contributed by atoms with Gasteiger partial charge in [-0.2, -0.15) is 0 Å². The summed E-state index contributed by atoms with van der Waals surface area (Å²) in [7, 11) is 0. The molecule has 74 valence electrons. The average molecular weight is 195 g/mol. The highest BCUT2D eigenvalue weighted by Gasteiger charge is 2.39. The first-order valence-corrected chi connectivity index (χ1v) is 4.23. The van der Waals surface area contributed by atoms with Gasteiger partial charge in [-0.25, -0.2) is 0 Å². The van der Waals surface area contributed by atoms with E-state index in [4.69, 9.17) is 9.84 Å². The molecule has 0 amide bonds. The summed E-state index contributed by atoms with van der Waals surface area (Å²) < 4.78 is 5.13. The third-order valence-electron chi connectivity index (χ3n) is 2.19. The SMILES string of the molecule is O=[N+]([O-])c1ccc(C2O[C@@H]2CO)cc1. The number of aliphatic hydroxyl groups is 1. The topological polar surface area (TPSA) is 75.9 Å². The van der Waals surface area contributed by atoms with Crippen molar-refractivity contribution >= 4 is 5.69 Å². The smallest absolute Gasteiger partial charge is 0.269 e. The van der Waals surface area contributed by atoms with E-state index in [0.717, 1.165) is 5.56 Å². The average Bonchev–Trinajstić information content (AvgIpc) is 2.97. The van der Waals surface area contributed by atoms with E-state index in [1.54, 1.807) is 12.1 Å². The summed E-state index contributed by atoms with van der Waals surface area (Å²) in [5, 5.41) is 19.1. The first-order chi connectivity index (χ1) is 6.72. The van der Waals surface area contributed by atoms with Crippen LogP contribution in [0.3, 0.4) is 0 Å². The molecule has 5 nitrogen and oxygen atoms in total. The summed E-state index contributed by atoms with van der Waals surface area (Å²) >= 11 is 0. The standard InChI is InChI=1S/C9H9NO4/c11-5-8-9(14-8)6-1-3-7(4-2-6)10(12)13/h1-4,8-9,11H,5H2/t8-,9?/m1/s1. The third kappa shape index (κ3) is 1.59. The van der Waals surface area contributed by atoms with Gasteiger partial charge in [0.2, 0.25) is 0 Å². The molecular weight excluding hydrogens is 186 g/mol. The second-order valence-electron chi connectivity index (χ2n) is 3.13. The van der Waals surface area contributed by atoms with Crippen molar-refractivity contribution in [1.29, 1.82) is 0 Å². The van der Waals surface area contributed by atoms with Gasteiger partial charge in [-0.3, -0.25) is 10.1 Å². The van der Waals surface area contributed by atoms with Crippen molar-refractivity contribution in [3.8, 4) is 0 Å². The van der Waals surface area contributed by atoms with E-state index < -0.39 is 4.92 Å². The van der Waals surface area contributed by atoms with Crippen LogP contribution in [0.5, 0.6) is 0 Å². The molecule has 0 bridgehead atoms. The zero-order valence-corrected chi connectivity index (χ0v) is 7.29. The fourth-order valence-corrected chi connectivity index (χ4v) is 1.36. The maximum Gasteiger partial charge on any atom is 0.269 e. The molecule has 0 aromatic heterocycles. The Bertz CT molecular complexity index is 348. The Morgan fingerprint density at radius 1 is 1.43 bits per heavy atom. The van der Waals surface area contributed by atoms with Crippen LogP contribution < -0.4 is 0 Å². The van der Waals surface area contributed by atoms with Crippen LogP contribution in [-0.4, -0.2) is 22.7 Å². The minimum absolute atomic E-state index is 0.0122. The number of rotatable bonds is 3. The second-order valence-corrected chi connectivity index (χ2v) is 3.13. The second kappa shape index (κ2) is 3.36. The van der Waals surface area contributed by atoms with Gasteiger partial charge in [0, 0.05) is 12.1 Å². The van der Waals surface area contributed by atoms with Crippen molar-refractivity contribution in [2.45, 2.75) is 12.2 Å². The number of hydrogen-bond donors (Lipinski definition) is 1. The lowest BCUT2D eigenvalue weighted by Gasteiger charge is -1.94. The van der Waals surface area contributed by atoms with Gasteiger partial charge in [0.25, 0.3) is 5.69 Å². The Labute approximate surface area is 80.1 Å². The van der Waals surface area contributed by atoms with Crippen LogP contribution in [0.4, 0.5) is 5.69 Å². The van der Waals surface area contributed by atoms with Gasteiger partial charge in [0.1, 0.15) is 12.2 Å². The fraction of sp³-hybridized carbons (Fsp3) is 0.333. The molecule has 1 aliphatic rings. The fourth-order valence-electron chi connectivity index (χ4n) is 1.36.